The van der Waals surface area contributed by atoms with Crippen LogP contribution < -0.4 is 14.8 Å². The summed E-state index contributed by atoms with van der Waals surface area (Å²) in [7, 11) is 3.13. The van der Waals surface area contributed by atoms with Crippen LogP contribution in [0.1, 0.15) is 18.1 Å². The molecule has 0 radical (unpaired) electrons. The summed E-state index contributed by atoms with van der Waals surface area (Å²) < 4.78 is 15.8. The number of carbonyl (C=O) groups is 2. The summed E-state index contributed by atoms with van der Waals surface area (Å²) in [5.41, 5.74) is 0.298. The summed E-state index contributed by atoms with van der Waals surface area (Å²) in [5.74, 6) is 0.896. The van der Waals surface area contributed by atoms with E-state index >= 15 is 0 Å². The second-order valence-electron chi connectivity index (χ2n) is 7.22. The van der Waals surface area contributed by atoms with E-state index in [0.29, 0.717) is 17.9 Å². The molecule has 1 aliphatic rings. The van der Waals surface area contributed by atoms with E-state index in [9.17, 15) is 14.7 Å². The Kier molecular flexibility index (Phi) is 6.59. The van der Waals surface area contributed by atoms with Crippen molar-refractivity contribution in [1.29, 1.82) is 0 Å². The molecule has 2 N–H and O–H groups in total. The Hall–Kier alpha value is -3.10. The van der Waals surface area contributed by atoms with Gasteiger partial charge in [-0.2, -0.15) is 0 Å². The molecule has 2 atom stereocenters. The molecule has 0 aromatic heterocycles. The third kappa shape index (κ3) is 4.55. The van der Waals surface area contributed by atoms with Crippen molar-refractivity contribution < 1.29 is 28.9 Å². The monoisotopic (exact) mass is 414 g/mol. The van der Waals surface area contributed by atoms with Gasteiger partial charge < -0.3 is 24.6 Å². The number of urea groups is 1. The highest BCUT2D eigenvalue weighted by atomic mass is 16.5. The van der Waals surface area contributed by atoms with Gasteiger partial charge in [0.2, 0.25) is 0 Å². The zero-order valence-electron chi connectivity index (χ0n) is 17.3. The first-order valence-electron chi connectivity index (χ1n) is 9.54. The Balaban J connectivity index is 1.57. The van der Waals surface area contributed by atoms with Crippen molar-refractivity contribution in [2.24, 2.45) is 0 Å². The zero-order valence-corrected chi connectivity index (χ0v) is 17.3. The Morgan fingerprint density at radius 3 is 2.43 bits per heavy atom. The highest BCUT2D eigenvalue weighted by Gasteiger charge is 2.49. The van der Waals surface area contributed by atoms with Gasteiger partial charge in [-0.1, -0.05) is 24.3 Å². The first kappa shape index (κ1) is 21.6. The third-order valence-corrected chi connectivity index (χ3v) is 5.05. The van der Waals surface area contributed by atoms with Crippen LogP contribution in [0.2, 0.25) is 0 Å². The molecule has 0 spiro atoms. The lowest BCUT2D eigenvalue weighted by atomic mass is 9.92. The maximum atomic E-state index is 13.0. The number of nitrogens with zero attached hydrogens (tertiary/aromatic N) is 1. The van der Waals surface area contributed by atoms with Gasteiger partial charge in [0, 0.05) is 0 Å². The SMILES string of the molecule is COc1ccc(COCC(O)CN2C(=O)NC(C)(c3cccc(OC)c3)C2=O)cc1. The highest BCUT2D eigenvalue weighted by Crippen LogP contribution is 2.31. The maximum Gasteiger partial charge on any atom is 0.325 e. The lowest BCUT2D eigenvalue weighted by Crippen LogP contribution is -2.42. The van der Waals surface area contributed by atoms with Crippen molar-refractivity contribution in [3.8, 4) is 11.5 Å². The summed E-state index contributed by atoms with van der Waals surface area (Å²) in [4.78, 5) is 26.4. The number of amides is 3. The number of rotatable bonds is 9. The second-order valence-corrected chi connectivity index (χ2v) is 7.22. The summed E-state index contributed by atoms with van der Waals surface area (Å²) in [6.45, 7) is 1.75. The zero-order chi connectivity index (χ0) is 21.7. The van der Waals surface area contributed by atoms with Crippen molar-refractivity contribution in [3.05, 3.63) is 59.7 Å². The van der Waals surface area contributed by atoms with Crippen molar-refractivity contribution in [2.75, 3.05) is 27.4 Å². The number of aliphatic hydroxyl groups excluding tert-OH is 1. The van der Waals surface area contributed by atoms with E-state index in [1.54, 1.807) is 38.3 Å². The van der Waals surface area contributed by atoms with Crippen LogP contribution in [0.5, 0.6) is 11.5 Å². The van der Waals surface area contributed by atoms with Crippen molar-refractivity contribution >= 4 is 11.9 Å². The second kappa shape index (κ2) is 9.15. The summed E-state index contributed by atoms with van der Waals surface area (Å²) >= 11 is 0. The molecule has 8 nitrogen and oxygen atoms in total. The molecule has 1 saturated heterocycles. The predicted molar refractivity (Wildman–Crippen MR) is 109 cm³/mol. The average molecular weight is 414 g/mol. The molecule has 1 fully saturated rings. The average Bonchev–Trinajstić information content (AvgIpc) is 2.98. The Bertz CT molecular complexity index is 901. The Morgan fingerprint density at radius 1 is 1.07 bits per heavy atom. The van der Waals surface area contributed by atoms with Crippen molar-refractivity contribution in [1.82, 2.24) is 10.2 Å². The van der Waals surface area contributed by atoms with E-state index in [0.717, 1.165) is 16.2 Å². The lowest BCUT2D eigenvalue weighted by Gasteiger charge is -2.23. The van der Waals surface area contributed by atoms with Crippen LogP contribution >= 0.6 is 0 Å². The Labute approximate surface area is 175 Å². The molecule has 1 aliphatic heterocycles. The minimum Gasteiger partial charge on any atom is -0.497 e. The van der Waals surface area contributed by atoms with Gasteiger partial charge in [-0.05, 0) is 42.3 Å². The number of imide groups is 1. The van der Waals surface area contributed by atoms with Gasteiger partial charge in [-0.3, -0.25) is 9.69 Å². The van der Waals surface area contributed by atoms with E-state index in [4.69, 9.17) is 14.2 Å². The molecule has 1 heterocycles. The van der Waals surface area contributed by atoms with Crippen LogP contribution in [-0.4, -0.2) is 55.4 Å². The predicted octanol–water partition coefficient (Wildman–Crippen LogP) is 2.05. The highest BCUT2D eigenvalue weighted by molar-refractivity contribution is 6.07. The summed E-state index contributed by atoms with van der Waals surface area (Å²) in [6.07, 6.45) is -1.01. The lowest BCUT2D eigenvalue weighted by molar-refractivity contribution is -0.132. The standard InChI is InChI=1S/C22H26N2O6/c1-22(16-5-4-6-19(11-16)29-3)20(26)24(21(27)23-22)12-17(25)14-30-13-15-7-9-18(28-2)10-8-15/h4-11,17,25H,12-14H2,1-3H3,(H,23,27). The molecule has 2 aromatic rings. The molecule has 0 saturated carbocycles. The third-order valence-electron chi connectivity index (χ3n) is 5.05. The van der Waals surface area contributed by atoms with Crippen LogP contribution in [0, 0.1) is 0 Å². The molecule has 8 heteroatoms. The van der Waals surface area contributed by atoms with Gasteiger partial charge in [0.25, 0.3) is 5.91 Å². The molecule has 0 aliphatic carbocycles. The molecule has 3 amide bonds. The topological polar surface area (TPSA) is 97.3 Å². The normalized spacial score (nSPS) is 19.5. The van der Waals surface area contributed by atoms with Crippen molar-refractivity contribution in [2.45, 2.75) is 25.2 Å². The van der Waals surface area contributed by atoms with Gasteiger partial charge in [-0.15, -0.1) is 0 Å². The van der Waals surface area contributed by atoms with E-state index in [2.05, 4.69) is 5.32 Å². The van der Waals surface area contributed by atoms with Gasteiger partial charge in [0.15, 0.2) is 0 Å². The number of nitrogens with one attached hydrogen (secondary N) is 1. The maximum absolute atomic E-state index is 13.0. The number of β-amino-alcohol motifs (C(OH)–C–C–N with tert-alkyl or cyclic N) is 1. The van der Waals surface area contributed by atoms with Crippen LogP contribution in [0.15, 0.2) is 48.5 Å². The summed E-state index contributed by atoms with van der Waals surface area (Å²) in [5, 5.41) is 13.0. The van der Waals surface area contributed by atoms with E-state index in [-0.39, 0.29) is 13.2 Å². The quantitative estimate of drug-likeness (QED) is 0.610. The van der Waals surface area contributed by atoms with E-state index in [1.807, 2.05) is 24.3 Å². The number of carbonyl (C=O) groups excluding carboxylic acids is 2. The molecule has 2 unspecified atom stereocenters. The fourth-order valence-corrected chi connectivity index (χ4v) is 3.29. The van der Waals surface area contributed by atoms with Gasteiger partial charge in [0.1, 0.15) is 17.0 Å². The fourth-order valence-electron chi connectivity index (χ4n) is 3.29. The molecule has 2 aromatic carbocycles. The van der Waals surface area contributed by atoms with Gasteiger partial charge in [-0.25, -0.2) is 4.79 Å². The summed E-state index contributed by atoms with van der Waals surface area (Å²) in [6, 6.07) is 13.8. The molecule has 30 heavy (non-hydrogen) atoms. The fraction of sp³-hybridized carbons (Fsp3) is 0.364. The minimum absolute atomic E-state index is 0.0149. The molecule has 3 rings (SSSR count). The van der Waals surface area contributed by atoms with Crippen LogP contribution in [0.4, 0.5) is 4.79 Å². The molecular formula is C22H26N2O6. The first-order valence-corrected chi connectivity index (χ1v) is 9.54. The van der Waals surface area contributed by atoms with Crippen LogP contribution in [0.3, 0.4) is 0 Å². The number of benzene rings is 2. The number of hydrogen-bond acceptors (Lipinski definition) is 6. The smallest absolute Gasteiger partial charge is 0.325 e. The number of aliphatic hydroxyl groups is 1. The van der Waals surface area contributed by atoms with Crippen LogP contribution in [0.25, 0.3) is 0 Å². The first-order chi connectivity index (χ1) is 14.4. The minimum atomic E-state index is -1.23. The van der Waals surface area contributed by atoms with Gasteiger partial charge >= 0.3 is 6.03 Å². The van der Waals surface area contributed by atoms with Crippen molar-refractivity contribution in [3.63, 3.8) is 0 Å². The van der Waals surface area contributed by atoms with E-state index < -0.39 is 23.6 Å². The molecule has 0 bridgehead atoms. The Morgan fingerprint density at radius 2 is 1.77 bits per heavy atom. The van der Waals surface area contributed by atoms with Gasteiger partial charge in [0.05, 0.1) is 40.1 Å². The number of ether oxygens (including phenoxy) is 3. The molecule has 160 valence electrons. The van der Waals surface area contributed by atoms with Crippen LogP contribution in [-0.2, 0) is 21.7 Å². The number of methoxy groups -OCH3 is 2. The number of hydrogen-bond donors (Lipinski definition) is 2. The van der Waals surface area contributed by atoms with E-state index in [1.165, 1.54) is 7.11 Å². The largest absolute Gasteiger partial charge is 0.497 e. The molecular weight excluding hydrogens is 388 g/mol.